The average Bonchev–Trinajstić information content (AvgIpc) is 3.81. The fourth-order valence-corrected chi connectivity index (χ4v) is 9.33. The van der Waals surface area contributed by atoms with Crippen molar-refractivity contribution in [1.29, 1.82) is 0 Å². The quantitative estimate of drug-likeness (QED) is 0.167. The predicted molar refractivity (Wildman–Crippen MR) is 227 cm³/mol. The summed E-state index contributed by atoms with van der Waals surface area (Å²) in [4.78, 5) is 2.37. The van der Waals surface area contributed by atoms with Crippen LogP contribution in [-0.4, -0.2) is 0 Å². The molecule has 2 aromatic heterocycles. The summed E-state index contributed by atoms with van der Waals surface area (Å²) in [5.41, 5.74) is 9.68. The predicted octanol–water partition coefficient (Wildman–Crippen LogP) is 15.1. The second kappa shape index (κ2) is 11.9. The summed E-state index contributed by atoms with van der Waals surface area (Å²) in [6.07, 6.45) is 0. The summed E-state index contributed by atoms with van der Waals surface area (Å²) < 4.78 is 9.64. The van der Waals surface area contributed by atoms with Crippen molar-refractivity contribution in [3.8, 4) is 22.3 Å². The van der Waals surface area contributed by atoms with Crippen LogP contribution in [0.2, 0.25) is 0 Å². The standard InChI is InChI=1S/C50H31NOS/c1-3-13-33(14-4-1)44-30-37(31-45-48-42-20-9-7-17-38(42)39-18-8-10-21-43(39)50(48)52-49(44)45)51(35-15-5-2-6-16-35)36-26-23-32(24-27-36)34-25-28-41-40-19-11-12-22-46(40)53-47(41)29-34/h1-31H. The molecule has 0 radical (unpaired) electrons. The minimum atomic E-state index is 0.899. The molecule has 0 spiro atoms. The lowest BCUT2D eigenvalue weighted by Crippen LogP contribution is -2.10. The number of fused-ring (bicyclic) bond motifs is 11. The maximum absolute atomic E-state index is 7.00. The fourth-order valence-electron chi connectivity index (χ4n) is 8.19. The Morgan fingerprint density at radius 3 is 1.70 bits per heavy atom. The Labute approximate surface area is 310 Å². The molecule has 0 bridgehead atoms. The lowest BCUT2D eigenvalue weighted by Gasteiger charge is -2.26. The maximum atomic E-state index is 7.00. The van der Waals surface area contributed by atoms with Gasteiger partial charge in [-0.15, -0.1) is 11.3 Å². The van der Waals surface area contributed by atoms with Crippen molar-refractivity contribution in [2.45, 2.75) is 0 Å². The normalized spacial score (nSPS) is 11.8. The van der Waals surface area contributed by atoms with E-state index in [0.29, 0.717) is 0 Å². The smallest absolute Gasteiger partial charge is 0.143 e. The number of thiophene rings is 1. The molecule has 0 fully saturated rings. The largest absolute Gasteiger partial charge is 0.455 e. The van der Waals surface area contributed by atoms with Crippen LogP contribution >= 0.6 is 11.3 Å². The summed E-state index contributed by atoms with van der Waals surface area (Å²) in [7, 11) is 0. The Morgan fingerprint density at radius 2 is 0.925 bits per heavy atom. The molecule has 0 unspecified atom stereocenters. The Kier molecular flexibility index (Phi) is 6.76. The molecule has 0 aliphatic carbocycles. The van der Waals surface area contributed by atoms with E-state index in [9.17, 15) is 0 Å². The first kappa shape index (κ1) is 30.0. The minimum Gasteiger partial charge on any atom is -0.455 e. The van der Waals surface area contributed by atoms with E-state index in [1.54, 1.807) is 0 Å². The minimum absolute atomic E-state index is 0.899. The molecule has 0 N–H and O–H groups in total. The number of benzene rings is 9. The zero-order valence-electron chi connectivity index (χ0n) is 28.7. The Bertz CT molecular complexity index is 3160. The monoisotopic (exact) mass is 693 g/mol. The molecule has 2 nitrogen and oxygen atoms in total. The summed E-state index contributed by atoms with van der Waals surface area (Å²) in [6, 6.07) is 67.8. The molecule has 3 heteroatoms. The van der Waals surface area contributed by atoms with Crippen molar-refractivity contribution < 1.29 is 4.42 Å². The van der Waals surface area contributed by atoms with Gasteiger partial charge in [-0.05, 0) is 81.4 Å². The second-order valence-corrected chi connectivity index (χ2v) is 14.7. The number of hydrogen-bond acceptors (Lipinski definition) is 3. The highest BCUT2D eigenvalue weighted by Gasteiger charge is 2.22. The molecular formula is C50H31NOS. The molecule has 9 aromatic carbocycles. The first-order chi connectivity index (χ1) is 26.3. The van der Waals surface area contributed by atoms with E-state index in [-0.39, 0.29) is 0 Å². The van der Waals surface area contributed by atoms with Gasteiger partial charge in [0.2, 0.25) is 0 Å². The van der Waals surface area contributed by atoms with Crippen LogP contribution in [0.3, 0.4) is 0 Å². The van der Waals surface area contributed by atoms with Gasteiger partial charge in [-0.1, -0.05) is 140 Å². The van der Waals surface area contributed by atoms with Crippen molar-refractivity contribution in [1.82, 2.24) is 0 Å². The third-order valence-electron chi connectivity index (χ3n) is 10.6. The van der Waals surface area contributed by atoms with Gasteiger partial charge in [-0.2, -0.15) is 0 Å². The van der Waals surface area contributed by atoms with Gasteiger partial charge in [0, 0.05) is 59.0 Å². The van der Waals surface area contributed by atoms with Gasteiger partial charge in [0.05, 0.1) is 0 Å². The van der Waals surface area contributed by atoms with Gasteiger partial charge < -0.3 is 9.32 Å². The molecule has 2 heterocycles. The van der Waals surface area contributed by atoms with Gasteiger partial charge >= 0.3 is 0 Å². The van der Waals surface area contributed by atoms with Crippen molar-refractivity contribution in [2.75, 3.05) is 4.90 Å². The molecule has 0 atom stereocenters. The second-order valence-electron chi connectivity index (χ2n) is 13.7. The number of nitrogens with zero attached hydrogens (tertiary/aromatic N) is 1. The molecule has 0 amide bonds. The molecule has 0 saturated carbocycles. The highest BCUT2D eigenvalue weighted by molar-refractivity contribution is 7.25. The molecule has 0 saturated heterocycles. The molecule has 0 aliphatic rings. The molecule has 0 aliphatic heterocycles. The molecule has 248 valence electrons. The third-order valence-corrected chi connectivity index (χ3v) is 11.8. The maximum Gasteiger partial charge on any atom is 0.143 e. The van der Waals surface area contributed by atoms with Crippen LogP contribution in [0, 0.1) is 0 Å². The van der Waals surface area contributed by atoms with Crippen molar-refractivity contribution in [2.24, 2.45) is 0 Å². The number of rotatable bonds is 5. The first-order valence-electron chi connectivity index (χ1n) is 18.0. The van der Waals surface area contributed by atoms with Crippen LogP contribution in [0.25, 0.3) is 85.9 Å². The lowest BCUT2D eigenvalue weighted by molar-refractivity contribution is 0.674. The van der Waals surface area contributed by atoms with Crippen LogP contribution in [0.5, 0.6) is 0 Å². The highest BCUT2D eigenvalue weighted by Crippen LogP contribution is 2.47. The van der Waals surface area contributed by atoms with E-state index in [1.807, 2.05) is 11.3 Å². The summed E-state index contributed by atoms with van der Waals surface area (Å²) in [5, 5.41) is 9.65. The number of furan rings is 1. The van der Waals surface area contributed by atoms with Gasteiger partial charge in [-0.3, -0.25) is 0 Å². The van der Waals surface area contributed by atoms with E-state index < -0.39 is 0 Å². The van der Waals surface area contributed by atoms with Crippen LogP contribution in [0.15, 0.2) is 192 Å². The van der Waals surface area contributed by atoms with Gasteiger partial charge in [0.15, 0.2) is 0 Å². The average molecular weight is 694 g/mol. The Balaban J connectivity index is 1.14. The molecule has 53 heavy (non-hydrogen) atoms. The van der Waals surface area contributed by atoms with Crippen LogP contribution < -0.4 is 4.90 Å². The zero-order valence-corrected chi connectivity index (χ0v) is 29.5. The summed E-state index contributed by atoms with van der Waals surface area (Å²) in [6.45, 7) is 0. The van der Waals surface area contributed by atoms with Crippen LogP contribution in [-0.2, 0) is 0 Å². The molecule has 11 aromatic rings. The van der Waals surface area contributed by atoms with Gasteiger partial charge in [0.1, 0.15) is 11.2 Å². The van der Waals surface area contributed by atoms with Crippen molar-refractivity contribution >= 4 is 92.1 Å². The third kappa shape index (κ3) is 4.78. The van der Waals surface area contributed by atoms with E-state index in [4.69, 9.17) is 4.42 Å². The SMILES string of the molecule is c1ccc(-c2cc(N(c3ccccc3)c3ccc(-c4ccc5c(c4)sc4ccccc45)cc3)cc3c2oc2c4ccccc4c4ccccc4c32)cc1. The van der Waals surface area contributed by atoms with E-state index in [0.717, 1.165) is 55.5 Å². The van der Waals surface area contributed by atoms with Crippen LogP contribution in [0.4, 0.5) is 17.1 Å². The number of para-hydroxylation sites is 1. The summed E-state index contributed by atoms with van der Waals surface area (Å²) in [5.74, 6) is 0. The Hall–Kier alpha value is -6.68. The van der Waals surface area contributed by atoms with Crippen molar-refractivity contribution in [3.63, 3.8) is 0 Å². The van der Waals surface area contributed by atoms with Gasteiger partial charge in [-0.25, -0.2) is 0 Å². The van der Waals surface area contributed by atoms with Crippen molar-refractivity contribution in [3.05, 3.63) is 188 Å². The van der Waals surface area contributed by atoms with Gasteiger partial charge in [0.25, 0.3) is 0 Å². The fraction of sp³-hybridized carbons (Fsp3) is 0. The molecule has 11 rings (SSSR count). The van der Waals surface area contributed by atoms with E-state index >= 15 is 0 Å². The lowest BCUT2D eigenvalue weighted by atomic mass is 9.95. The first-order valence-corrected chi connectivity index (χ1v) is 18.8. The molecular weight excluding hydrogens is 663 g/mol. The topological polar surface area (TPSA) is 16.4 Å². The zero-order chi connectivity index (χ0) is 34.9. The highest BCUT2D eigenvalue weighted by atomic mass is 32.1. The van der Waals surface area contributed by atoms with E-state index in [1.165, 1.54) is 47.5 Å². The number of anilines is 3. The Morgan fingerprint density at radius 1 is 0.340 bits per heavy atom. The number of hydrogen-bond donors (Lipinski definition) is 0. The van der Waals surface area contributed by atoms with E-state index in [2.05, 4.69) is 193 Å². The summed E-state index contributed by atoms with van der Waals surface area (Å²) >= 11 is 1.86. The van der Waals surface area contributed by atoms with Crippen LogP contribution in [0.1, 0.15) is 0 Å².